The molecule has 1 heterocycles. The minimum atomic E-state index is 0.649. The molecular formula is C11H18N2S. The van der Waals surface area contributed by atoms with Gasteiger partial charge < -0.3 is 9.55 Å². The number of hydrogen-bond donors (Lipinski definition) is 1. The Kier molecular flexibility index (Phi) is 3.06. The number of H-pyrrole nitrogens is 1. The standard InChI is InChI=1S/C11H18N2S/c1-9-8-12-11(14)13(9)10-6-4-2-3-5-7-10/h8,10H,2-7H2,1H3,(H,12,14). The van der Waals surface area contributed by atoms with Crippen molar-refractivity contribution in [1.82, 2.24) is 9.55 Å². The molecule has 0 unspecified atom stereocenters. The lowest BCUT2D eigenvalue weighted by molar-refractivity contribution is 0.432. The molecule has 0 spiro atoms. The lowest BCUT2D eigenvalue weighted by Gasteiger charge is -2.17. The number of rotatable bonds is 1. The van der Waals surface area contributed by atoms with Crippen LogP contribution in [0.2, 0.25) is 0 Å². The van der Waals surface area contributed by atoms with Crippen molar-refractivity contribution in [3.63, 3.8) is 0 Å². The average molecular weight is 210 g/mol. The highest BCUT2D eigenvalue weighted by atomic mass is 32.1. The molecule has 2 rings (SSSR count). The van der Waals surface area contributed by atoms with Crippen molar-refractivity contribution in [3.05, 3.63) is 16.7 Å². The third-order valence-electron chi connectivity index (χ3n) is 3.19. The van der Waals surface area contributed by atoms with E-state index in [2.05, 4.69) is 16.5 Å². The van der Waals surface area contributed by atoms with Gasteiger partial charge in [-0.2, -0.15) is 0 Å². The maximum Gasteiger partial charge on any atom is 0.177 e. The van der Waals surface area contributed by atoms with E-state index in [9.17, 15) is 0 Å². The summed E-state index contributed by atoms with van der Waals surface area (Å²) in [5.41, 5.74) is 1.28. The summed E-state index contributed by atoms with van der Waals surface area (Å²) in [6.07, 6.45) is 10.1. The monoisotopic (exact) mass is 210 g/mol. The number of nitrogens with one attached hydrogen (secondary N) is 1. The number of hydrogen-bond acceptors (Lipinski definition) is 1. The summed E-state index contributed by atoms with van der Waals surface area (Å²) in [5.74, 6) is 0. The van der Waals surface area contributed by atoms with Crippen LogP contribution in [0.4, 0.5) is 0 Å². The van der Waals surface area contributed by atoms with Gasteiger partial charge >= 0.3 is 0 Å². The second-order valence-electron chi connectivity index (χ2n) is 4.25. The fraction of sp³-hybridized carbons (Fsp3) is 0.727. The van der Waals surface area contributed by atoms with Crippen molar-refractivity contribution >= 4 is 12.2 Å². The number of imidazole rings is 1. The molecule has 1 aliphatic carbocycles. The summed E-state index contributed by atoms with van der Waals surface area (Å²) in [6, 6.07) is 0.649. The van der Waals surface area contributed by atoms with Gasteiger partial charge in [0.25, 0.3) is 0 Å². The highest BCUT2D eigenvalue weighted by Gasteiger charge is 2.15. The SMILES string of the molecule is Cc1c[nH]c(=S)n1C1CCCCCC1. The zero-order valence-electron chi connectivity index (χ0n) is 8.75. The molecule has 78 valence electrons. The van der Waals surface area contributed by atoms with Gasteiger partial charge in [-0.1, -0.05) is 25.7 Å². The lowest BCUT2D eigenvalue weighted by atomic mass is 10.1. The molecule has 0 atom stereocenters. The molecule has 0 amide bonds. The topological polar surface area (TPSA) is 20.7 Å². The number of aromatic nitrogens is 2. The molecule has 1 aromatic rings. The predicted molar refractivity (Wildman–Crippen MR) is 61.1 cm³/mol. The van der Waals surface area contributed by atoms with Gasteiger partial charge in [0, 0.05) is 17.9 Å². The van der Waals surface area contributed by atoms with Crippen LogP contribution < -0.4 is 0 Å². The minimum absolute atomic E-state index is 0.649. The summed E-state index contributed by atoms with van der Waals surface area (Å²) in [5, 5.41) is 0. The first-order valence-corrected chi connectivity index (χ1v) is 5.96. The molecular weight excluding hydrogens is 192 g/mol. The molecule has 2 nitrogen and oxygen atoms in total. The smallest absolute Gasteiger partial charge is 0.177 e. The Morgan fingerprint density at radius 2 is 1.93 bits per heavy atom. The van der Waals surface area contributed by atoms with Gasteiger partial charge in [0.2, 0.25) is 0 Å². The van der Waals surface area contributed by atoms with Crippen LogP contribution in [0.1, 0.15) is 50.3 Å². The molecule has 0 aliphatic heterocycles. The first kappa shape index (κ1) is 9.97. The Hall–Kier alpha value is -0.570. The van der Waals surface area contributed by atoms with Crippen LogP contribution >= 0.6 is 12.2 Å². The zero-order valence-corrected chi connectivity index (χ0v) is 9.57. The quantitative estimate of drug-likeness (QED) is 0.553. The fourth-order valence-electron chi connectivity index (χ4n) is 2.44. The van der Waals surface area contributed by atoms with Crippen LogP contribution in [0.3, 0.4) is 0 Å². The molecule has 1 aromatic heterocycles. The third kappa shape index (κ3) is 1.92. The molecule has 1 N–H and O–H groups in total. The van der Waals surface area contributed by atoms with Gasteiger partial charge in [0.15, 0.2) is 4.77 Å². The van der Waals surface area contributed by atoms with Crippen LogP contribution in [0.15, 0.2) is 6.20 Å². The van der Waals surface area contributed by atoms with E-state index in [4.69, 9.17) is 12.2 Å². The van der Waals surface area contributed by atoms with Crippen LogP contribution in [-0.4, -0.2) is 9.55 Å². The fourth-order valence-corrected chi connectivity index (χ4v) is 2.79. The highest BCUT2D eigenvalue weighted by molar-refractivity contribution is 7.71. The summed E-state index contributed by atoms with van der Waals surface area (Å²) in [6.45, 7) is 2.14. The molecule has 0 radical (unpaired) electrons. The van der Waals surface area contributed by atoms with Crippen LogP contribution in [0.25, 0.3) is 0 Å². The van der Waals surface area contributed by atoms with E-state index in [0.29, 0.717) is 6.04 Å². The average Bonchev–Trinajstić information content (AvgIpc) is 2.45. The van der Waals surface area contributed by atoms with Crippen molar-refractivity contribution in [2.24, 2.45) is 0 Å². The normalized spacial score (nSPS) is 19.5. The van der Waals surface area contributed by atoms with Gasteiger partial charge in [-0.05, 0) is 32.0 Å². The van der Waals surface area contributed by atoms with Gasteiger partial charge in [-0.25, -0.2) is 0 Å². The molecule has 1 fully saturated rings. The second kappa shape index (κ2) is 4.30. The molecule has 1 saturated carbocycles. The number of nitrogens with zero attached hydrogens (tertiary/aromatic N) is 1. The Morgan fingerprint density at radius 3 is 2.43 bits per heavy atom. The summed E-state index contributed by atoms with van der Waals surface area (Å²) >= 11 is 5.31. The first-order chi connectivity index (χ1) is 6.79. The van der Waals surface area contributed by atoms with Crippen molar-refractivity contribution < 1.29 is 0 Å². The van der Waals surface area contributed by atoms with E-state index in [-0.39, 0.29) is 0 Å². The molecule has 0 bridgehead atoms. The first-order valence-electron chi connectivity index (χ1n) is 5.55. The second-order valence-corrected chi connectivity index (χ2v) is 4.64. The Bertz CT molecular complexity index is 342. The lowest BCUT2D eigenvalue weighted by Crippen LogP contribution is -2.09. The van der Waals surface area contributed by atoms with Crippen molar-refractivity contribution in [1.29, 1.82) is 0 Å². The van der Waals surface area contributed by atoms with Crippen LogP contribution in [-0.2, 0) is 0 Å². The van der Waals surface area contributed by atoms with E-state index in [1.165, 1.54) is 44.2 Å². The summed E-state index contributed by atoms with van der Waals surface area (Å²) in [7, 11) is 0. The van der Waals surface area contributed by atoms with E-state index in [1.807, 2.05) is 6.20 Å². The van der Waals surface area contributed by atoms with Crippen molar-refractivity contribution in [3.8, 4) is 0 Å². The van der Waals surface area contributed by atoms with E-state index < -0.39 is 0 Å². The highest BCUT2D eigenvalue weighted by Crippen LogP contribution is 2.28. The predicted octanol–water partition coefficient (Wildman–Crippen LogP) is 3.75. The minimum Gasteiger partial charge on any atom is -0.337 e. The van der Waals surface area contributed by atoms with Gasteiger partial charge in [0.1, 0.15) is 0 Å². The summed E-state index contributed by atoms with van der Waals surface area (Å²) in [4.78, 5) is 3.13. The molecule has 0 saturated heterocycles. The van der Waals surface area contributed by atoms with Gasteiger partial charge in [-0.15, -0.1) is 0 Å². The van der Waals surface area contributed by atoms with Gasteiger partial charge in [-0.3, -0.25) is 0 Å². The number of aromatic amines is 1. The van der Waals surface area contributed by atoms with Crippen LogP contribution in [0.5, 0.6) is 0 Å². The van der Waals surface area contributed by atoms with E-state index in [1.54, 1.807) is 0 Å². The van der Waals surface area contributed by atoms with E-state index in [0.717, 1.165) is 4.77 Å². The maximum atomic E-state index is 5.31. The molecule has 3 heteroatoms. The summed E-state index contributed by atoms with van der Waals surface area (Å²) < 4.78 is 3.20. The Balaban J connectivity index is 2.24. The van der Waals surface area contributed by atoms with Crippen LogP contribution in [0, 0.1) is 11.7 Å². The largest absolute Gasteiger partial charge is 0.337 e. The van der Waals surface area contributed by atoms with Crippen molar-refractivity contribution in [2.45, 2.75) is 51.5 Å². The molecule has 14 heavy (non-hydrogen) atoms. The zero-order chi connectivity index (χ0) is 9.97. The maximum absolute atomic E-state index is 5.31. The van der Waals surface area contributed by atoms with Crippen molar-refractivity contribution in [2.75, 3.05) is 0 Å². The number of aryl methyl sites for hydroxylation is 1. The Morgan fingerprint density at radius 1 is 1.29 bits per heavy atom. The van der Waals surface area contributed by atoms with E-state index >= 15 is 0 Å². The molecule has 0 aromatic carbocycles. The van der Waals surface area contributed by atoms with Gasteiger partial charge in [0.05, 0.1) is 0 Å². The third-order valence-corrected chi connectivity index (χ3v) is 3.51. The molecule has 1 aliphatic rings. The Labute approximate surface area is 90.3 Å².